The molecule has 5 nitrogen and oxygen atoms in total. The Morgan fingerprint density at radius 1 is 1.04 bits per heavy atom. The molecule has 136 valence electrons. The Hall–Kier alpha value is -2.56. The minimum absolute atomic E-state index is 0.0391. The SMILES string of the molecule is O=C(NC1CCN(C(=O)c2ccco2)CC1)C1CCCc2ccccc21. The fourth-order valence-corrected chi connectivity index (χ4v) is 4.11. The number of furan rings is 1. The minimum atomic E-state index is -0.0685. The van der Waals surface area contributed by atoms with Crippen LogP contribution >= 0.6 is 0 Å². The molecule has 0 spiro atoms. The van der Waals surface area contributed by atoms with Gasteiger partial charge in [-0.2, -0.15) is 0 Å². The number of rotatable bonds is 3. The monoisotopic (exact) mass is 352 g/mol. The van der Waals surface area contributed by atoms with Crippen LogP contribution in [-0.2, 0) is 11.2 Å². The van der Waals surface area contributed by atoms with Crippen LogP contribution in [0, 0.1) is 0 Å². The van der Waals surface area contributed by atoms with Crippen molar-refractivity contribution in [3.8, 4) is 0 Å². The molecule has 1 aromatic heterocycles. The smallest absolute Gasteiger partial charge is 0.289 e. The third-order valence-corrected chi connectivity index (χ3v) is 5.55. The van der Waals surface area contributed by atoms with Gasteiger partial charge in [-0.25, -0.2) is 0 Å². The van der Waals surface area contributed by atoms with Gasteiger partial charge in [0.05, 0.1) is 12.2 Å². The van der Waals surface area contributed by atoms with E-state index in [1.165, 1.54) is 17.4 Å². The number of carbonyl (C=O) groups is 2. The molecular weight excluding hydrogens is 328 g/mol. The van der Waals surface area contributed by atoms with Gasteiger partial charge in [0.2, 0.25) is 5.91 Å². The van der Waals surface area contributed by atoms with Crippen molar-refractivity contribution in [2.75, 3.05) is 13.1 Å². The van der Waals surface area contributed by atoms with E-state index in [0.29, 0.717) is 18.8 Å². The van der Waals surface area contributed by atoms with Gasteiger partial charge in [0.25, 0.3) is 5.91 Å². The summed E-state index contributed by atoms with van der Waals surface area (Å²) in [5.74, 6) is 0.406. The number of benzene rings is 1. The molecule has 5 heteroatoms. The Morgan fingerprint density at radius 2 is 1.85 bits per heavy atom. The maximum absolute atomic E-state index is 12.8. The van der Waals surface area contributed by atoms with E-state index < -0.39 is 0 Å². The van der Waals surface area contributed by atoms with Gasteiger partial charge in [0.1, 0.15) is 0 Å². The normalized spacial score (nSPS) is 20.5. The molecule has 1 aliphatic carbocycles. The molecule has 2 aliphatic rings. The summed E-state index contributed by atoms with van der Waals surface area (Å²) in [5.41, 5.74) is 2.49. The lowest BCUT2D eigenvalue weighted by molar-refractivity contribution is -0.123. The molecule has 0 radical (unpaired) electrons. The molecule has 2 aromatic rings. The number of hydrogen-bond acceptors (Lipinski definition) is 3. The first-order chi connectivity index (χ1) is 12.7. The van der Waals surface area contributed by atoms with Crippen molar-refractivity contribution >= 4 is 11.8 Å². The molecule has 1 aliphatic heterocycles. The highest BCUT2D eigenvalue weighted by Gasteiger charge is 2.30. The van der Waals surface area contributed by atoms with Crippen molar-refractivity contribution in [2.45, 2.75) is 44.1 Å². The van der Waals surface area contributed by atoms with Crippen LogP contribution in [0.4, 0.5) is 0 Å². The Labute approximate surface area is 153 Å². The number of carbonyl (C=O) groups excluding carboxylic acids is 2. The predicted molar refractivity (Wildman–Crippen MR) is 97.9 cm³/mol. The highest BCUT2D eigenvalue weighted by atomic mass is 16.3. The number of fused-ring (bicyclic) bond motifs is 1. The number of amides is 2. The summed E-state index contributed by atoms with van der Waals surface area (Å²) < 4.78 is 5.19. The van der Waals surface area contributed by atoms with Gasteiger partial charge in [-0.05, 0) is 55.4 Å². The second-order valence-electron chi connectivity index (χ2n) is 7.20. The lowest BCUT2D eigenvalue weighted by Gasteiger charge is -2.33. The van der Waals surface area contributed by atoms with E-state index in [2.05, 4.69) is 17.4 Å². The molecule has 1 saturated heterocycles. The van der Waals surface area contributed by atoms with Crippen LogP contribution in [-0.4, -0.2) is 35.8 Å². The molecule has 0 bridgehead atoms. The lowest BCUT2D eigenvalue weighted by Crippen LogP contribution is -2.47. The van der Waals surface area contributed by atoms with Crippen molar-refractivity contribution in [1.82, 2.24) is 10.2 Å². The summed E-state index contributed by atoms with van der Waals surface area (Å²) in [6.07, 6.45) is 6.12. The molecule has 26 heavy (non-hydrogen) atoms. The molecule has 1 aromatic carbocycles. The first-order valence-electron chi connectivity index (χ1n) is 9.43. The predicted octanol–water partition coefficient (Wildman–Crippen LogP) is 3.12. The summed E-state index contributed by atoms with van der Waals surface area (Å²) in [6, 6.07) is 11.8. The van der Waals surface area contributed by atoms with Gasteiger partial charge in [0, 0.05) is 19.1 Å². The number of hydrogen-bond donors (Lipinski definition) is 1. The molecule has 2 amide bonds. The highest BCUT2D eigenvalue weighted by molar-refractivity contribution is 5.91. The number of nitrogens with zero attached hydrogens (tertiary/aromatic N) is 1. The van der Waals surface area contributed by atoms with E-state index >= 15 is 0 Å². The van der Waals surface area contributed by atoms with Crippen LogP contribution in [0.5, 0.6) is 0 Å². The average Bonchev–Trinajstić information content (AvgIpc) is 3.22. The van der Waals surface area contributed by atoms with Crippen LogP contribution in [0.3, 0.4) is 0 Å². The van der Waals surface area contributed by atoms with Crippen LogP contribution in [0.15, 0.2) is 47.1 Å². The van der Waals surface area contributed by atoms with Gasteiger partial charge in [0.15, 0.2) is 5.76 Å². The number of aryl methyl sites for hydroxylation is 1. The van der Waals surface area contributed by atoms with Crippen molar-refractivity contribution in [3.63, 3.8) is 0 Å². The van der Waals surface area contributed by atoms with Crippen molar-refractivity contribution in [3.05, 3.63) is 59.5 Å². The summed E-state index contributed by atoms with van der Waals surface area (Å²) in [6.45, 7) is 1.29. The second-order valence-corrected chi connectivity index (χ2v) is 7.20. The third-order valence-electron chi connectivity index (χ3n) is 5.55. The van der Waals surface area contributed by atoms with E-state index in [1.54, 1.807) is 17.0 Å². The molecular formula is C21H24N2O3. The largest absolute Gasteiger partial charge is 0.459 e. The van der Waals surface area contributed by atoms with Gasteiger partial charge in [-0.1, -0.05) is 24.3 Å². The van der Waals surface area contributed by atoms with E-state index in [9.17, 15) is 9.59 Å². The Kier molecular flexibility index (Phi) is 4.78. The second kappa shape index (κ2) is 7.36. The first kappa shape index (κ1) is 16.9. The summed E-state index contributed by atoms with van der Waals surface area (Å²) in [4.78, 5) is 26.9. The summed E-state index contributed by atoms with van der Waals surface area (Å²) in [7, 11) is 0. The zero-order chi connectivity index (χ0) is 17.9. The Balaban J connectivity index is 1.34. The summed E-state index contributed by atoms with van der Waals surface area (Å²) >= 11 is 0. The highest BCUT2D eigenvalue weighted by Crippen LogP contribution is 2.31. The fraction of sp³-hybridized carbons (Fsp3) is 0.429. The van der Waals surface area contributed by atoms with Crippen LogP contribution in [0.25, 0.3) is 0 Å². The van der Waals surface area contributed by atoms with Crippen molar-refractivity contribution in [2.24, 2.45) is 0 Å². The quantitative estimate of drug-likeness (QED) is 0.923. The Bertz CT molecular complexity index is 776. The maximum atomic E-state index is 12.8. The van der Waals surface area contributed by atoms with Crippen molar-refractivity contribution < 1.29 is 14.0 Å². The van der Waals surface area contributed by atoms with Gasteiger partial charge in [-0.15, -0.1) is 0 Å². The number of piperidine rings is 1. The molecule has 1 atom stereocenters. The topological polar surface area (TPSA) is 62.6 Å². The van der Waals surface area contributed by atoms with E-state index in [1.807, 2.05) is 12.1 Å². The molecule has 1 fully saturated rings. The number of likely N-dealkylation sites (tertiary alicyclic amines) is 1. The minimum Gasteiger partial charge on any atom is -0.459 e. The zero-order valence-corrected chi connectivity index (χ0v) is 14.8. The third kappa shape index (κ3) is 3.39. The average molecular weight is 352 g/mol. The molecule has 4 rings (SSSR count). The molecule has 2 heterocycles. The van der Waals surface area contributed by atoms with Gasteiger partial charge >= 0.3 is 0 Å². The van der Waals surface area contributed by atoms with Crippen LogP contribution in [0.2, 0.25) is 0 Å². The van der Waals surface area contributed by atoms with E-state index in [4.69, 9.17) is 4.42 Å². The first-order valence-corrected chi connectivity index (χ1v) is 9.43. The molecule has 1 unspecified atom stereocenters. The van der Waals surface area contributed by atoms with Crippen LogP contribution < -0.4 is 5.32 Å². The Morgan fingerprint density at radius 3 is 2.62 bits per heavy atom. The van der Waals surface area contributed by atoms with E-state index in [0.717, 1.165) is 32.1 Å². The number of nitrogens with one attached hydrogen (secondary N) is 1. The van der Waals surface area contributed by atoms with Gasteiger partial charge < -0.3 is 14.6 Å². The molecule has 1 N–H and O–H groups in total. The molecule has 0 saturated carbocycles. The van der Waals surface area contributed by atoms with Gasteiger partial charge in [-0.3, -0.25) is 9.59 Å². The summed E-state index contributed by atoms with van der Waals surface area (Å²) in [5, 5.41) is 3.22. The maximum Gasteiger partial charge on any atom is 0.289 e. The van der Waals surface area contributed by atoms with Crippen LogP contribution in [0.1, 0.15) is 53.3 Å². The fourth-order valence-electron chi connectivity index (χ4n) is 4.11. The van der Waals surface area contributed by atoms with Crippen molar-refractivity contribution in [1.29, 1.82) is 0 Å². The van der Waals surface area contributed by atoms with E-state index in [-0.39, 0.29) is 23.8 Å². The zero-order valence-electron chi connectivity index (χ0n) is 14.8. The lowest BCUT2D eigenvalue weighted by atomic mass is 9.82. The standard InChI is InChI=1S/C21H24N2O3/c24-20(18-8-3-6-15-5-1-2-7-17(15)18)22-16-10-12-23(13-11-16)21(25)19-9-4-14-26-19/h1-2,4-5,7,9,14,16,18H,3,6,8,10-13H2,(H,22,24).